The number of halogens is 1. The van der Waals surface area contributed by atoms with Crippen LogP contribution >= 0.6 is 11.3 Å². The molecule has 0 bridgehead atoms. The summed E-state index contributed by atoms with van der Waals surface area (Å²) in [6.45, 7) is 9.83. The molecule has 1 aliphatic rings. The molecule has 5 nitrogen and oxygen atoms in total. The minimum Gasteiger partial charge on any atom is -0.371 e. The van der Waals surface area contributed by atoms with Gasteiger partial charge < -0.3 is 4.90 Å². The standard InChI is InChI=1S/C27H31FN2O3S2/c1-17-14-19(3)26(30-11-6-5-7-12-30)20(4)22(17)16-24(31)27-23(10-13-34-27)29-35(32,33)25-9-8-21(28)15-18(25)2/h8-10,13-15,29H,5-7,11-12,16H2,1-4H3. The second-order valence-electron chi connectivity index (χ2n) is 9.29. The molecule has 0 amide bonds. The molecule has 3 aromatic rings. The number of sulfonamides is 1. The molecule has 0 aliphatic carbocycles. The van der Waals surface area contributed by atoms with E-state index in [0.717, 1.165) is 35.8 Å². The van der Waals surface area contributed by atoms with Crippen LogP contribution in [0.5, 0.6) is 0 Å². The maximum atomic E-state index is 13.5. The van der Waals surface area contributed by atoms with Crippen molar-refractivity contribution in [3.63, 3.8) is 0 Å². The Morgan fingerprint density at radius 2 is 1.71 bits per heavy atom. The van der Waals surface area contributed by atoms with Gasteiger partial charge in [-0.2, -0.15) is 0 Å². The van der Waals surface area contributed by atoms with Crippen LogP contribution in [-0.4, -0.2) is 27.3 Å². The molecule has 1 aliphatic heterocycles. The van der Waals surface area contributed by atoms with E-state index in [9.17, 15) is 17.6 Å². The summed E-state index contributed by atoms with van der Waals surface area (Å²) in [5.41, 5.74) is 6.18. The van der Waals surface area contributed by atoms with Crippen LogP contribution in [0, 0.1) is 33.5 Å². The first-order chi connectivity index (χ1) is 16.6. The third-order valence-corrected chi connectivity index (χ3v) is 9.17. The number of anilines is 2. The van der Waals surface area contributed by atoms with Crippen LogP contribution < -0.4 is 9.62 Å². The van der Waals surface area contributed by atoms with E-state index in [0.29, 0.717) is 10.4 Å². The molecule has 2 aromatic carbocycles. The summed E-state index contributed by atoms with van der Waals surface area (Å²) in [7, 11) is -3.97. The number of ketones is 1. The molecule has 1 fully saturated rings. The summed E-state index contributed by atoms with van der Waals surface area (Å²) in [6, 6.07) is 7.28. The van der Waals surface area contributed by atoms with Crippen molar-refractivity contribution in [3.8, 4) is 0 Å². The zero-order valence-electron chi connectivity index (χ0n) is 20.6. The lowest BCUT2D eigenvalue weighted by Gasteiger charge is -2.33. The van der Waals surface area contributed by atoms with Crippen LogP contribution in [0.25, 0.3) is 0 Å². The first-order valence-electron chi connectivity index (χ1n) is 11.8. The van der Waals surface area contributed by atoms with Crippen molar-refractivity contribution in [1.29, 1.82) is 0 Å². The van der Waals surface area contributed by atoms with E-state index in [4.69, 9.17) is 0 Å². The Morgan fingerprint density at radius 3 is 2.40 bits per heavy atom. The van der Waals surface area contributed by atoms with Crippen molar-refractivity contribution in [2.24, 2.45) is 0 Å². The third kappa shape index (κ3) is 5.28. The predicted octanol–water partition coefficient (Wildman–Crippen LogP) is 6.34. The average Bonchev–Trinajstić information content (AvgIpc) is 3.24. The zero-order chi connectivity index (χ0) is 25.3. The van der Waals surface area contributed by atoms with Crippen LogP contribution in [0.2, 0.25) is 0 Å². The molecule has 4 rings (SSSR count). The van der Waals surface area contributed by atoms with Gasteiger partial charge in [0.15, 0.2) is 5.78 Å². The molecular formula is C27H31FN2O3S2. The summed E-state index contributed by atoms with van der Waals surface area (Å²) in [5.74, 6) is -0.631. The monoisotopic (exact) mass is 514 g/mol. The van der Waals surface area contributed by atoms with Gasteiger partial charge in [0.05, 0.1) is 15.5 Å². The van der Waals surface area contributed by atoms with Crippen LogP contribution in [0.1, 0.15) is 56.8 Å². The topological polar surface area (TPSA) is 66.5 Å². The number of hydrogen-bond donors (Lipinski definition) is 1. The maximum Gasteiger partial charge on any atom is 0.262 e. The fourth-order valence-corrected chi connectivity index (χ4v) is 7.21. The highest BCUT2D eigenvalue weighted by Crippen LogP contribution is 2.34. The van der Waals surface area contributed by atoms with Gasteiger partial charge in [0, 0.05) is 25.2 Å². The Kier molecular flexibility index (Phi) is 7.33. The van der Waals surface area contributed by atoms with Crippen molar-refractivity contribution in [2.75, 3.05) is 22.7 Å². The van der Waals surface area contributed by atoms with Crippen LogP contribution in [0.15, 0.2) is 40.6 Å². The maximum absolute atomic E-state index is 13.5. The number of piperidine rings is 1. The van der Waals surface area contributed by atoms with Crippen LogP contribution in [-0.2, 0) is 16.4 Å². The number of hydrogen-bond acceptors (Lipinski definition) is 5. The van der Waals surface area contributed by atoms with Gasteiger partial charge in [-0.1, -0.05) is 6.07 Å². The smallest absolute Gasteiger partial charge is 0.262 e. The Bertz CT molecular complexity index is 1370. The van der Waals surface area contributed by atoms with Gasteiger partial charge >= 0.3 is 0 Å². The van der Waals surface area contributed by atoms with E-state index in [1.54, 1.807) is 18.4 Å². The number of benzene rings is 2. The second-order valence-corrected chi connectivity index (χ2v) is 11.9. The zero-order valence-corrected chi connectivity index (χ0v) is 22.2. The van der Waals surface area contributed by atoms with Gasteiger partial charge in [-0.3, -0.25) is 9.52 Å². The minimum absolute atomic E-state index is 0.0140. The van der Waals surface area contributed by atoms with E-state index >= 15 is 0 Å². The summed E-state index contributed by atoms with van der Waals surface area (Å²) < 4.78 is 42.0. The van der Waals surface area contributed by atoms with Crippen molar-refractivity contribution in [1.82, 2.24) is 0 Å². The fourth-order valence-electron chi connectivity index (χ4n) is 5.05. The SMILES string of the molecule is Cc1cc(F)ccc1S(=O)(=O)Nc1ccsc1C(=O)Cc1c(C)cc(C)c(N2CCCCC2)c1C. The molecule has 0 unspecified atom stereocenters. The van der Waals surface area contributed by atoms with Crippen molar-refractivity contribution >= 4 is 38.5 Å². The third-order valence-electron chi connectivity index (χ3n) is 6.69. The summed E-state index contributed by atoms with van der Waals surface area (Å²) in [6.07, 6.45) is 3.80. The van der Waals surface area contributed by atoms with E-state index in [1.165, 1.54) is 54.0 Å². The molecule has 1 aromatic heterocycles. The minimum atomic E-state index is -3.97. The molecule has 0 radical (unpaired) electrons. The molecular weight excluding hydrogens is 483 g/mol. The first kappa shape index (κ1) is 25.4. The van der Waals surface area contributed by atoms with Gasteiger partial charge in [0.25, 0.3) is 10.0 Å². The van der Waals surface area contributed by atoms with E-state index in [2.05, 4.69) is 29.5 Å². The summed E-state index contributed by atoms with van der Waals surface area (Å²) in [5, 5.41) is 1.70. The molecule has 0 spiro atoms. The second kappa shape index (κ2) is 10.1. The number of carbonyl (C=O) groups is 1. The Labute approximate surface area is 211 Å². The summed E-state index contributed by atoms with van der Waals surface area (Å²) >= 11 is 1.22. The number of thiophene rings is 1. The van der Waals surface area contributed by atoms with E-state index < -0.39 is 15.8 Å². The van der Waals surface area contributed by atoms with Gasteiger partial charge in [0.1, 0.15) is 5.82 Å². The number of nitrogens with zero attached hydrogens (tertiary/aromatic N) is 1. The molecule has 1 N–H and O–H groups in total. The molecule has 8 heteroatoms. The Balaban J connectivity index is 1.61. The highest BCUT2D eigenvalue weighted by atomic mass is 32.2. The number of rotatable bonds is 7. The molecule has 2 heterocycles. The van der Waals surface area contributed by atoms with Crippen molar-refractivity contribution < 1.29 is 17.6 Å². The Hall–Kier alpha value is -2.71. The van der Waals surface area contributed by atoms with E-state index in [-0.39, 0.29) is 22.8 Å². The molecule has 0 atom stereocenters. The lowest BCUT2D eigenvalue weighted by Crippen LogP contribution is -2.31. The van der Waals surface area contributed by atoms with Gasteiger partial charge in [-0.25, -0.2) is 12.8 Å². The first-order valence-corrected chi connectivity index (χ1v) is 14.2. The number of carbonyl (C=O) groups excluding carboxylic acids is 1. The number of Topliss-reactive ketones (excluding diaryl/α,β-unsaturated/α-hetero) is 1. The van der Waals surface area contributed by atoms with Crippen LogP contribution in [0.3, 0.4) is 0 Å². The molecule has 0 saturated carbocycles. The van der Waals surface area contributed by atoms with Gasteiger partial charge in [-0.15, -0.1) is 11.3 Å². The number of aryl methyl sites for hydroxylation is 3. The lowest BCUT2D eigenvalue weighted by molar-refractivity contribution is 0.0997. The molecule has 1 saturated heterocycles. The average molecular weight is 515 g/mol. The highest BCUT2D eigenvalue weighted by molar-refractivity contribution is 7.92. The highest BCUT2D eigenvalue weighted by Gasteiger charge is 2.24. The van der Waals surface area contributed by atoms with Crippen molar-refractivity contribution in [2.45, 2.75) is 58.3 Å². The largest absolute Gasteiger partial charge is 0.371 e. The fraction of sp³-hybridized carbons (Fsp3) is 0.370. The molecule has 35 heavy (non-hydrogen) atoms. The normalized spacial score (nSPS) is 14.3. The lowest BCUT2D eigenvalue weighted by atomic mass is 9.92. The Morgan fingerprint density at radius 1 is 1.00 bits per heavy atom. The number of nitrogens with one attached hydrogen (secondary N) is 1. The van der Waals surface area contributed by atoms with Crippen molar-refractivity contribution in [3.05, 3.63) is 74.2 Å². The molecule has 186 valence electrons. The van der Waals surface area contributed by atoms with Crippen LogP contribution in [0.4, 0.5) is 15.8 Å². The summed E-state index contributed by atoms with van der Waals surface area (Å²) in [4.78, 5) is 16.2. The van der Waals surface area contributed by atoms with Gasteiger partial charge in [-0.05, 0) is 104 Å². The predicted molar refractivity (Wildman–Crippen MR) is 141 cm³/mol. The van der Waals surface area contributed by atoms with E-state index in [1.807, 2.05) is 6.92 Å². The van der Waals surface area contributed by atoms with Gasteiger partial charge in [0.2, 0.25) is 0 Å². The quantitative estimate of drug-likeness (QED) is 0.374.